The molecule has 4 nitrogen and oxygen atoms in total. The average Bonchev–Trinajstić information content (AvgIpc) is 2.37. The lowest BCUT2D eigenvalue weighted by Crippen LogP contribution is -2.45. The molecule has 17 heavy (non-hydrogen) atoms. The minimum absolute atomic E-state index is 0.147. The van der Waals surface area contributed by atoms with Crippen molar-refractivity contribution in [3.05, 3.63) is 24.1 Å². The van der Waals surface area contributed by atoms with Gasteiger partial charge in [-0.2, -0.15) is 4.39 Å². The third-order valence-electron chi connectivity index (χ3n) is 2.90. The second-order valence-corrected chi connectivity index (χ2v) is 4.11. The molecular formula is C12H18FN3O. The van der Waals surface area contributed by atoms with E-state index in [9.17, 15) is 4.39 Å². The van der Waals surface area contributed by atoms with E-state index in [1.165, 1.54) is 6.07 Å². The maximum Gasteiger partial charge on any atom is 0.214 e. The van der Waals surface area contributed by atoms with Crippen molar-refractivity contribution in [3.63, 3.8) is 0 Å². The summed E-state index contributed by atoms with van der Waals surface area (Å²) in [6.07, 6.45) is 0.147. The van der Waals surface area contributed by atoms with Gasteiger partial charge in [-0.15, -0.1) is 0 Å². The van der Waals surface area contributed by atoms with Crippen LogP contribution in [0.1, 0.15) is 6.92 Å². The van der Waals surface area contributed by atoms with E-state index in [0.717, 1.165) is 26.2 Å². The van der Waals surface area contributed by atoms with Crippen molar-refractivity contribution in [2.45, 2.75) is 13.0 Å². The molecule has 2 heterocycles. The van der Waals surface area contributed by atoms with Crippen LogP contribution in [0.4, 0.5) is 10.2 Å². The number of pyridine rings is 1. The Balaban J connectivity index is 1.81. The standard InChI is InChI=1S/C12H18FN3O/c1-2-16-6-7-17-10(9-16)8-14-12-5-3-4-11(13)15-12/h3-5,10H,2,6-9H2,1H3,(H,14,15). The van der Waals surface area contributed by atoms with Crippen LogP contribution in [0.25, 0.3) is 0 Å². The Kier molecular flexibility index (Phi) is 4.28. The molecule has 1 saturated heterocycles. The zero-order valence-corrected chi connectivity index (χ0v) is 10.0. The van der Waals surface area contributed by atoms with E-state index in [-0.39, 0.29) is 6.10 Å². The summed E-state index contributed by atoms with van der Waals surface area (Å²) in [5, 5.41) is 3.10. The fourth-order valence-electron chi connectivity index (χ4n) is 1.92. The van der Waals surface area contributed by atoms with Gasteiger partial charge in [0, 0.05) is 19.6 Å². The van der Waals surface area contributed by atoms with Crippen LogP contribution in [0.3, 0.4) is 0 Å². The summed E-state index contributed by atoms with van der Waals surface area (Å²) in [5.74, 6) is 0.0944. The molecule has 1 unspecified atom stereocenters. The highest BCUT2D eigenvalue weighted by molar-refractivity contribution is 5.33. The van der Waals surface area contributed by atoms with Gasteiger partial charge in [0.2, 0.25) is 5.95 Å². The van der Waals surface area contributed by atoms with Gasteiger partial charge in [0.15, 0.2) is 0 Å². The minimum Gasteiger partial charge on any atom is -0.374 e. The van der Waals surface area contributed by atoms with E-state index in [4.69, 9.17) is 4.74 Å². The number of halogens is 1. The lowest BCUT2D eigenvalue weighted by atomic mass is 10.2. The Morgan fingerprint density at radius 3 is 3.24 bits per heavy atom. The monoisotopic (exact) mass is 239 g/mol. The van der Waals surface area contributed by atoms with Crippen molar-refractivity contribution in [2.75, 3.05) is 38.1 Å². The Bertz CT molecular complexity index is 361. The van der Waals surface area contributed by atoms with Crippen LogP contribution in [0.15, 0.2) is 18.2 Å². The molecule has 0 radical (unpaired) electrons. The van der Waals surface area contributed by atoms with E-state index in [2.05, 4.69) is 22.1 Å². The van der Waals surface area contributed by atoms with Crippen LogP contribution >= 0.6 is 0 Å². The van der Waals surface area contributed by atoms with Crippen molar-refractivity contribution in [2.24, 2.45) is 0 Å². The van der Waals surface area contributed by atoms with Gasteiger partial charge in [-0.05, 0) is 18.7 Å². The molecule has 1 atom stereocenters. The van der Waals surface area contributed by atoms with Crippen LogP contribution in [-0.2, 0) is 4.74 Å². The summed E-state index contributed by atoms with van der Waals surface area (Å²) >= 11 is 0. The van der Waals surface area contributed by atoms with E-state index < -0.39 is 5.95 Å². The molecule has 0 saturated carbocycles. The van der Waals surface area contributed by atoms with Gasteiger partial charge in [-0.25, -0.2) is 4.98 Å². The highest BCUT2D eigenvalue weighted by Gasteiger charge is 2.18. The van der Waals surface area contributed by atoms with Crippen molar-refractivity contribution >= 4 is 5.82 Å². The van der Waals surface area contributed by atoms with E-state index in [0.29, 0.717) is 12.4 Å². The van der Waals surface area contributed by atoms with Crippen molar-refractivity contribution in [1.82, 2.24) is 9.88 Å². The van der Waals surface area contributed by atoms with Crippen molar-refractivity contribution in [1.29, 1.82) is 0 Å². The van der Waals surface area contributed by atoms with Gasteiger partial charge < -0.3 is 10.1 Å². The second-order valence-electron chi connectivity index (χ2n) is 4.11. The summed E-state index contributed by atoms with van der Waals surface area (Å²) in [4.78, 5) is 6.09. The average molecular weight is 239 g/mol. The van der Waals surface area contributed by atoms with Gasteiger partial charge in [-0.1, -0.05) is 13.0 Å². The van der Waals surface area contributed by atoms with Crippen LogP contribution in [0.2, 0.25) is 0 Å². The number of nitrogens with zero attached hydrogens (tertiary/aromatic N) is 2. The number of nitrogens with one attached hydrogen (secondary N) is 1. The zero-order chi connectivity index (χ0) is 12.1. The minimum atomic E-state index is -0.463. The van der Waals surface area contributed by atoms with Gasteiger partial charge in [-0.3, -0.25) is 4.90 Å². The quantitative estimate of drug-likeness (QED) is 0.805. The predicted molar refractivity (Wildman–Crippen MR) is 64.5 cm³/mol. The summed E-state index contributed by atoms with van der Waals surface area (Å²) in [7, 11) is 0. The molecule has 1 N–H and O–H groups in total. The first-order valence-corrected chi connectivity index (χ1v) is 5.98. The number of hydrogen-bond acceptors (Lipinski definition) is 4. The van der Waals surface area contributed by atoms with Gasteiger partial charge in [0.05, 0.1) is 12.7 Å². The lowest BCUT2D eigenvalue weighted by molar-refractivity contribution is -0.0192. The van der Waals surface area contributed by atoms with E-state index in [1.807, 2.05) is 0 Å². The van der Waals surface area contributed by atoms with Gasteiger partial charge in [0.1, 0.15) is 5.82 Å². The number of aromatic nitrogens is 1. The fourth-order valence-corrected chi connectivity index (χ4v) is 1.92. The maximum absolute atomic E-state index is 12.9. The van der Waals surface area contributed by atoms with Crippen LogP contribution in [0.5, 0.6) is 0 Å². The Labute approximate surface area is 101 Å². The Hall–Kier alpha value is -1.20. The zero-order valence-electron chi connectivity index (χ0n) is 10.0. The molecule has 0 amide bonds. The summed E-state index contributed by atoms with van der Waals surface area (Å²) in [6, 6.07) is 4.73. The molecule has 0 aliphatic carbocycles. The third kappa shape index (κ3) is 3.64. The predicted octanol–water partition coefficient (Wildman–Crippen LogP) is 1.35. The maximum atomic E-state index is 12.9. The molecule has 94 valence electrons. The summed E-state index contributed by atoms with van der Waals surface area (Å²) < 4.78 is 18.5. The van der Waals surface area contributed by atoms with Crippen LogP contribution in [0, 0.1) is 5.95 Å². The molecule has 1 aromatic heterocycles. The van der Waals surface area contributed by atoms with Gasteiger partial charge >= 0.3 is 0 Å². The number of morpholine rings is 1. The number of likely N-dealkylation sites (N-methyl/N-ethyl adjacent to an activating group) is 1. The first-order valence-electron chi connectivity index (χ1n) is 5.98. The smallest absolute Gasteiger partial charge is 0.214 e. The molecule has 1 aromatic rings. The molecule has 2 rings (SSSR count). The normalized spacial score (nSPS) is 21.4. The Morgan fingerprint density at radius 1 is 1.59 bits per heavy atom. The first kappa shape index (κ1) is 12.3. The van der Waals surface area contributed by atoms with Crippen LogP contribution < -0.4 is 5.32 Å². The van der Waals surface area contributed by atoms with Gasteiger partial charge in [0.25, 0.3) is 0 Å². The SMILES string of the molecule is CCN1CCOC(CNc2cccc(F)n2)C1. The largest absolute Gasteiger partial charge is 0.374 e. The lowest BCUT2D eigenvalue weighted by Gasteiger charge is -2.32. The Morgan fingerprint density at radius 2 is 2.47 bits per heavy atom. The molecular weight excluding hydrogens is 221 g/mol. The number of ether oxygens (including phenoxy) is 1. The first-order chi connectivity index (χ1) is 8.28. The van der Waals surface area contributed by atoms with E-state index >= 15 is 0 Å². The summed E-state index contributed by atoms with van der Waals surface area (Å²) in [5.41, 5.74) is 0. The van der Waals surface area contributed by atoms with E-state index in [1.54, 1.807) is 12.1 Å². The topological polar surface area (TPSA) is 37.4 Å². The van der Waals surface area contributed by atoms with Crippen molar-refractivity contribution < 1.29 is 9.13 Å². The molecule has 0 spiro atoms. The number of rotatable bonds is 4. The molecule has 1 aliphatic rings. The third-order valence-corrected chi connectivity index (χ3v) is 2.90. The van der Waals surface area contributed by atoms with Crippen molar-refractivity contribution in [3.8, 4) is 0 Å². The van der Waals surface area contributed by atoms with Crippen LogP contribution in [-0.4, -0.2) is 48.8 Å². The fraction of sp³-hybridized carbons (Fsp3) is 0.583. The number of anilines is 1. The molecule has 1 aliphatic heterocycles. The number of hydrogen-bond donors (Lipinski definition) is 1. The highest BCUT2D eigenvalue weighted by Crippen LogP contribution is 2.07. The molecule has 1 fully saturated rings. The molecule has 0 aromatic carbocycles. The molecule has 5 heteroatoms. The highest BCUT2D eigenvalue weighted by atomic mass is 19.1. The molecule has 0 bridgehead atoms. The summed E-state index contributed by atoms with van der Waals surface area (Å²) in [6.45, 7) is 6.51. The second kappa shape index (κ2) is 5.93.